The molecule has 6 heteroatoms. The van der Waals surface area contributed by atoms with Crippen molar-refractivity contribution >= 4 is 29.0 Å². The Bertz CT molecular complexity index is 675. The minimum atomic E-state index is -0.351. The molecule has 0 aliphatic rings. The smallest absolute Gasteiger partial charge is 0.314 e. The lowest BCUT2D eigenvalue weighted by atomic mass is 9.84. The van der Waals surface area contributed by atoms with E-state index in [2.05, 4.69) is 55.1 Å². The Balaban J connectivity index is 2.72. The van der Waals surface area contributed by atoms with Crippen molar-refractivity contribution in [2.75, 3.05) is 5.32 Å². The van der Waals surface area contributed by atoms with Gasteiger partial charge in [0.15, 0.2) is 0 Å². The number of allylic oxidation sites excluding steroid dienone is 2. The van der Waals surface area contributed by atoms with E-state index in [4.69, 9.17) is 11.6 Å². The summed E-state index contributed by atoms with van der Waals surface area (Å²) in [6.07, 6.45) is 5.78. The second-order valence-electron chi connectivity index (χ2n) is 6.01. The molecular formula is C19H25ClN4O. The number of nitrogens with one attached hydrogen (secondary N) is 3. The zero-order chi connectivity index (χ0) is 18.9. The normalized spacial score (nSPS) is 11.9. The summed E-state index contributed by atoms with van der Waals surface area (Å²) in [5.41, 5.74) is 4.71. The van der Waals surface area contributed by atoms with Crippen LogP contribution in [0.4, 0.5) is 10.5 Å². The molecule has 3 N–H and O–H groups in total. The molecule has 25 heavy (non-hydrogen) atoms. The quantitative estimate of drug-likeness (QED) is 0.345. The number of hydrogen-bond donors (Lipinski definition) is 3. The zero-order valence-electron chi connectivity index (χ0n) is 14.9. The highest BCUT2D eigenvalue weighted by Gasteiger charge is 2.21. The van der Waals surface area contributed by atoms with Gasteiger partial charge in [0, 0.05) is 28.0 Å². The average molecular weight is 361 g/mol. The second kappa shape index (κ2) is 9.69. The van der Waals surface area contributed by atoms with Gasteiger partial charge >= 0.3 is 6.03 Å². The summed E-state index contributed by atoms with van der Waals surface area (Å²) in [5.74, 6) is 0. The molecule has 1 rings (SSSR count). The third kappa shape index (κ3) is 7.27. The summed E-state index contributed by atoms with van der Waals surface area (Å²) in [5, 5.41) is 10.3. The van der Waals surface area contributed by atoms with Crippen molar-refractivity contribution in [3.05, 3.63) is 66.5 Å². The van der Waals surface area contributed by atoms with E-state index in [-0.39, 0.29) is 11.4 Å². The molecule has 134 valence electrons. The topological polar surface area (TPSA) is 65.5 Å². The molecule has 0 unspecified atom stereocenters. The molecule has 0 spiro atoms. The van der Waals surface area contributed by atoms with Crippen LogP contribution in [0.5, 0.6) is 0 Å². The molecule has 0 fully saturated rings. The fourth-order valence-corrected chi connectivity index (χ4v) is 1.80. The molecule has 0 atom stereocenters. The van der Waals surface area contributed by atoms with E-state index >= 15 is 0 Å². The predicted molar refractivity (Wildman–Crippen MR) is 107 cm³/mol. The second-order valence-corrected chi connectivity index (χ2v) is 6.45. The Morgan fingerprint density at radius 3 is 2.52 bits per heavy atom. The first-order valence-corrected chi connectivity index (χ1v) is 8.31. The number of amides is 2. The molecule has 1 aromatic carbocycles. The molecule has 0 saturated heterocycles. The zero-order valence-corrected chi connectivity index (χ0v) is 15.7. The van der Waals surface area contributed by atoms with Crippen molar-refractivity contribution in [1.82, 2.24) is 10.7 Å². The highest BCUT2D eigenvalue weighted by atomic mass is 35.5. The Hall–Kier alpha value is -2.53. The number of urea groups is 1. The number of carbonyl (C=O) groups is 1. The van der Waals surface area contributed by atoms with Gasteiger partial charge in [0.25, 0.3) is 0 Å². The molecule has 0 radical (unpaired) electrons. The van der Waals surface area contributed by atoms with E-state index in [1.54, 1.807) is 42.6 Å². The maximum Gasteiger partial charge on any atom is 0.323 e. The monoisotopic (exact) mass is 360 g/mol. The Kier molecular flexibility index (Phi) is 7.95. The summed E-state index contributed by atoms with van der Waals surface area (Å²) < 4.78 is 0. The third-order valence-corrected chi connectivity index (χ3v) is 3.95. The standard InChI is InChI=1S/C19H25ClN4O/c1-6-14(3)23-24-17(19(4,5)7-2)12-13-21-18(25)22-16-10-8-15(20)9-11-16/h6,8-13,23H,1,3,7H2,2,4-5H3,(H2,21,22,25)/b13-12+,24-17+. The molecule has 0 aliphatic heterocycles. The van der Waals surface area contributed by atoms with Gasteiger partial charge in [-0.2, -0.15) is 5.10 Å². The lowest BCUT2D eigenvalue weighted by Gasteiger charge is -2.23. The van der Waals surface area contributed by atoms with Crippen LogP contribution >= 0.6 is 11.6 Å². The Morgan fingerprint density at radius 1 is 1.32 bits per heavy atom. The van der Waals surface area contributed by atoms with Gasteiger partial charge in [0.2, 0.25) is 0 Å². The van der Waals surface area contributed by atoms with Gasteiger partial charge in [0.05, 0.1) is 5.71 Å². The number of rotatable bonds is 8. The van der Waals surface area contributed by atoms with E-state index in [0.29, 0.717) is 16.4 Å². The van der Waals surface area contributed by atoms with Crippen LogP contribution in [-0.4, -0.2) is 11.7 Å². The molecule has 0 heterocycles. The molecule has 1 aromatic rings. The minimum Gasteiger partial charge on any atom is -0.314 e. The van der Waals surface area contributed by atoms with E-state index in [9.17, 15) is 4.79 Å². The van der Waals surface area contributed by atoms with Crippen LogP contribution in [0.1, 0.15) is 27.2 Å². The molecule has 2 amide bonds. The van der Waals surface area contributed by atoms with E-state index in [0.717, 1.165) is 12.1 Å². The van der Waals surface area contributed by atoms with Gasteiger partial charge in [0.1, 0.15) is 0 Å². The average Bonchev–Trinajstić information content (AvgIpc) is 2.59. The summed E-state index contributed by atoms with van der Waals surface area (Å²) in [4.78, 5) is 11.9. The maximum absolute atomic E-state index is 11.9. The van der Waals surface area contributed by atoms with Crippen LogP contribution in [0.3, 0.4) is 0 Å². The summed E-state index contributed by atoms with van der Waals surface area (Å²) >= 11 is 5.81. The molecule has 0 bridgehead atoms. The number of anilines is 1. The van der Waals surface area contributed by atoms with Gasteiger partial charge in [-0.25, -0.2) is 4.79 Å². The number of nitrogens with zero attached hydrogens (tertiary/aromatic N) is 1. The molecule has 0 saturated carbocycles. The fraction of sp³-hybridized carbons (Fsp3) is 0.263. The molecule has 0 aliphatic carbocycles. The number of hydrazone groups is 1. The maximum atomic E-state index is 11.9. The number of halogens is 1. The first kappa shape index (κ1) is 20.5. The van der Waals surface area contributed by atoms with E-state index in [1.807, 2.05) is 0 Å². The van der Waals surface area contributed by atoms with Crippen LogP contribution in [0.25, 0.3) is 0 Å². The lowest BCUT2D eigenvalue weighted by molar-refractivity contribution is 0.255. The SMILES string of the molecule is C=CC(=C)N/N=C(\C=C\NC(=O)Nc1ccc(Cl)cc1)C(C)(C)CC. The number of carbonyl (C=O) groups excluding carboxylic acids is 1. The molecule has 5 nitrogen and oxygen atoms in total. The van der Waals surface area contributed by atoms with E-state index < -0.39 is 0 Å². The summed E-state index contributed by atoms with van der Waals surface area (Å²) in [7, 11) is 0. The third-order valence-electron chi connectivity index (χ3n) is 3.70. The first-order chi connectivity index (χ1) is 11.8. The van der Waals surface area contributed by atoms with Gasteiger partial charge < -0.3 is 10.6 Å². The number of hydrogen-bond acceptors (Lipinski definition) is 3. The van der Waals surface area contributed by atoms with Crippen molar-refractivity contribution in [2.45, 2.75) is 27.2 Å². The molecular weight excluding hydrogens is 336 g/mol. The van der Waals surface area contributed by atoms with Gasteiger partial charge in [-0.3, -0.25) is 5.43 Å². The largest absolute Gasteiger partial charge is 0.323 e. The molecule has 0 aromatic heterocycles. The van der Waals surface area contributed by atoms with Crippen molar-refractivity contribution in [1.29, 1.82) is 0 Å². The summed E-state index contributed by atoms with van der Waals surface area (Å²) in [6.45, 7) is 13.6. The fourth-order valence-electron chi connectivity index (χ4n) is 1.67. The first-order valence-electron chi connectivity index (χ1n) is 7.93. The van der Waals surface area contributed by atoms with Crippen LogP contribution in [-0.2, 0) is 0 Å². The van der Waals surface area contributed by atoms with Crippen LogP contribution < -0.4 is 16.1 Å². The minimum absolute atomic E-state index is 0.167. The highest BCUT2D eigenvalue weighted by Crippen LogP contribution is 2.22. The Labute approximate surface area is 154 Å². The number of benzene rings is 1. The van der Waals surface area contributed by atoms with Crippen molar-refractivity contribution in [3.63, 3.8) is 0 Å². The van der Waals surface area contributed by atoms with Crippen molar-refractivity contribution in [2.24, 2.45) is 10.5 Å². The van der Waals surface area contributed by atoms with Gasteiger partial charge in [-0.1, -0.05) is 45.5 Å². The predicted octanol–water partition coefficient (Wildman–Crippen LogP) is 5.06. The Morgan fingerprint density at radius 2 is 1.96 bits per heavy atom. The van der Waals surface area contributed by atoms with E-state index in [1.165, 1.54) is 0 Å². The summed E-state index contributed by atoms with van der Waals surface area (Å²) in [6, 6.07) is 6.52. The van der Waals surface area contributed by atoms with Crippen molar-refractivity contribution in [3.8, 4) is 0 Å². The van der Waals surface area contributed by atoms with Gasteiger partial charge in [-0.05, 0) is 42.8 Å². The lowest BCUT2D eigenvalue weighted by Crippen LogP contribution is -2.27. The van der Waals surface area contributed by atoms with Crippen molar-refractivity contribution < 1.29 is 4.79 Å². The van der Waals surface area contributed by atoms with Crippen LogP contribution in [0, 0.1) is 5.41 Å². The van der Waals surface area contributed by atoms with Crippen LogP contribution in [0.2, 0.25) is 5.02 Å². The highest BCUT2D eigenvalue weighted by molar-refractivity contribution is 6.30. The van der Waals surface area contributed by atoms with Crippen LogP contribution in [0.15, 0.2) is 66.6 Å². The van der Waals surface area contributed by atoms with Gasteiger partial charge in [-0.15, -0.1) is 0 Å².